The summed E-state index contributed by atoms with van der Waals surface area (Å²) in [6.07, 6.45) is 10.5. The summed E-state index contributed by atoms with van der Waals surface area (Å²) in [7, 11) is 0. The zero-order chi connectivity index (χ0) is 13.9. The first-order chi connectivity index (χ1) is 9.78. The third kappa shape index (κ3) is 2.72. The summed E-state index contributed by atoms with van der Waals surface area (Å²) < 4.78 is 0. The maximum absolute atomic E-state index is 12.6. The van der Waals surface area contributed by atoms with Crippen LogP contribution in [0.25, 0.3) is 6.08 Å². The first kappa shape index (κ1) is 13.6. The highest BCUT2D eigenvalue weighted by atomic mass is 16.1. The summed E-state index contributed by atoms with van der Waals surface area (Å²) >= 11 is 0. The minimum atomic E-state index is 0.332. The Kier molecular flexibility index (Phi) is 4.05. The second-order valence-electron chi connectivity index (χ2n) is 6.32. The fourth-order valence-electron chi connectivity index (χ4n) is 3.81. The number of hydrogen-bond donors (Lipinski definition) is 0. The number of benzene rings is 1. The molecule has 0 aromatic heterocycles. The number of Topliss-reactive ketones (excluding diaryl/α,β-unsaturated/α-hetero) is 1. The van der Waals surface area contributed by atoms with Crippen LogP contribution in [0.5, 0.6) is 0 Å². The van der Waals surface area contributed by atoms with Gasteiger partial charge in [0.05, 0.1) is 0 Å². The zero-order valence-electron chi connectivity index (χ0n) is 12.4. The highest BCUT2D eigenvalue weighted by Crippen LogP contribution is 2.40. The Hall–Kier alpha value is -1.37. The molecule has 2 aliphatic carbocycles. The molecule has 2 aliphatic rings. The van der Waals surface area contributed by atoms with E-state index in [1.165, 1.54) is 36.8 Å². The van der Waals surface area contributed by atoms with Crippen molar-refractivity contribution in [2.75, 3.05) is 0 Å². The fraction of sp³-hybridized carbons (Fsp3) is 0.526. The minimum Gasteiger partial charge on any atom is -0.294 e. The van der Waals surface area contributed by atoms with Crippen LogP contribution in [0.15, 0.2) is 29.8 Å². The van der Waals surface area contributed by atoms with E-state index in [1.54, 1.807) is 0 Å². The molecule has 2 saturated carbocycles. The lowest BCUT2D eigenvalue weighted by atomic mass is 9.88. The van der Waals surface area contributed by atoms with Crippen LogP contribution in [-0.4, -0.2) is 5.78 Å². The van der Waals surface area contributed by atoms with Crippen LogP contribution in [0.4, 0.5) is 0 Å². The Morgan fingerprint density at radius 1 is 1.10 bits per heavy atom. The number of carbonyl (C=O) groups excluding carboxylic acids is 1. The molecule has 1 atom stereocenters. The molecule has 106 valence electrons. The van der Waals surface area contributed by atoms with E-state index in [9.17, 15) is 4.79 Å². The van der Waals surface area contributed by atoms with Crippen molar-refractivity contribution < 1.29 is 4.79 Å². The number of allylic oxidation sites excluding steroid dienone is 1. The largest absolute Gasteiger partial charge is 0.294 e. The molecule has 1 unspecified atom stereocenters. The fourth-order valence-corrected chi connectivity index (χ4v) is 3.81. The van der Waals surface area contributed by atoms with Crippen LogP contribution < -0.4 is 0 Å². The van der Waals surface area contributed by atoms with Gasteiger partial charge in [0.2, 0.25) is 0 Å². The number of carbonyl (C=O) groups is 1. The van der Waals surface area contributed by atoms with E-state index < -0.39 is 0 Å². The van der Waals surface area contributed by atoms with Gasteiger partial charge in [-0.1, -0.05) is 44.0 Å². The molecule has 1 aromatic carbocycles. The van der Waals surface area contributed by atoms with E-state index in [-0.39, 0.29) is 0 Å². The van der Waals surface area contributed by atoms with Gasteiger partial charge in [-0.3, -0.25) is 4.79 Å². The van der Waals surface area contributed by atoms with Crippen molar-refractivity contribution in [1.82, 2.24) is 0 Å². The molecular weight excluding hydrogens is 244 g/mol. The van der Waals surface area contributed by atoms with Crippen molar-refractivity contribution in [1.29, 1.82) is 0 Å². The topological polar surface area (TPSA) is 17.1 Å². The lowest BCUT2D eigenvalue weighted by Gasteiger charge is -2.15. The predicted octanol–water partition coefficient (Wildman–Crippen LogP) is 4.80. The van der Waals surface area contributed by atoms with E-state index in [1.807, 2.05) is 0 Å². The SMILES string of the molecule is CCc1ccc(C=C2CCC(C3CCCC3)C2=O)cc1. The van der Waals surface area contributed by atoms with E-state index in [4.69, 9.17) is 0 Å². The Labute approximate surface area is 122 Å². The third-order valence-corrected chi connectivity index (χ3v) is 5.08. The second-order valence-corrected chi connectivity index (χ2v) is 6.32. The van der Waals surface area contributed by atoms with Gasteiger partial charge < -0.3 is 0 Å². The van der Waals surface area contributed by atoms with E-state index in [2.05, 4.69) is 37.3 Å². The molecule has 3 rings (SSSR count). The van der Waals surface area contributed by atoms with Gasteiger partial charge in [-0.25, -0.2) is 0 Å². The smallest absolute Gasteiger partial charge is 0.162 e. The van der Waals surface area contributed by atoms with Gasteiger partial charge in [0.1, 0.15) is 0 Å². The van der Waals surface area contributed by atoms with Crippen LogP contribution in [0.3, 0.4) is 0 Å². The lowest BCUT2D eigenvalue weighted by Crippen LogP contribution is -2.16. The van der Waals surface area contributed by atoms with E-state index in [0.717, 1.165) is 24.8 Å². The van der Waals surface area contributed by atoms with Gasteiger partial charge in [0.15, 0.2) is 5.78 Å². The van der Waals surface area contributed by atoms with Gasteiger partial charge in [-0.15, -0.1) is 0 Å². The Bertz CT molecular complexity index is 503. The summed E-state index contributed by atoms with van der Waals surface area (Å²) in [5.74, 6) is 1.45. The molecule has 0 amide bonds. The Morgan fingerprint density at radius 2 is 1.80 bits per heavy atom. The maximum atomic E-state index is 12.6. The summed E-state index contributed by atoms with van der Waals surface area (Å²) in [6.45, 7) is 2.17. The molecule has 1 nitrogen and oxygen atoms in total. The standard InChI is InChI=1S/C19H24O/c1-2-14-7-9-15(10-8-14)13-17-11-12-18(19(17)20)16-5-3-4-6-16/h7-10,13,16,18H,2-6,11-12H2,1H3. The molecule has 0 saturated heterocycles. The highest BCUT2D eigenvalue weighted by Gasteiger charge is 2.36. The molecule has 0 radical (unpaired) electrons. The molecule has 2 fully saturated rings. The minimum absolute atomic E-state index is 0.332. The number of aryl methyl sites for hydroxylation is 1. The van der Waals surface area contributed by atoms with Crippen LogP contribution in [0.2, 0.25) is 0 Å². The maximum Gasteiger partial charge on any atom is 0.162 e. The van der Waals surface area contributed by atoms with Crippen molar-refractivity contribution in [3.05, 3.63) is 41.0 Å². The molecule has 0 N–H and O–H groups in total. The summed E-state index contributed by atoms with van der Waals surface area (Å²) in [5, 5.41) is 0. The van der Waals surface area contributed by atoms with Crippen LogP contribution in [0, 0.1) is 11.8 Å². The average Bonchev–Trinajstić information content (AvgIpc) is 3.11. The van der Waals surface area contributed by atoms with Crippen molar-refractivity contribution in [3.8, 4) is 0 Å². The third-order valence-electron chi connectivity index (χ3n) is 5.08. The summed E-state index contributed by atoms with van der Waals surface area (Å²) in [5.41, 5.74) is 3.59. The second kappa shape index (κ2) is 5.95. The number of ketones is 1. The molecule has 0 aliphatic heterocycles. The van der Waals surface area contributed by atoms with Crippen LogP contribution in [0.1, 0.15) is 56.6 Å². The van der Waals surface area contributed by atoms with E-state index >= 15 is 0 Å². The first-order valence-corrected chi connectivity index (χ1v) is 8.11. The predicted molar refractivity (Wildman–Crippen MR) is 83.5 cm³/mol. The molecule has 20 heavy (non-hydrogen) atoms. The van der Waals surface area contributed by atoms with Crippen LogP contribution >= 0.6 is 0 Å². The number of rotatable bonds is 3. The van der Waals surface area contributed by atoms with Gasteiger partial charge in [-0.2, -0.15) is 0 Å². The van der Waals surface area contributed by atoms with Gasteiger partial charge in [0.25, 0.3) is 0 Å². The number of hydrogen-bond acceptors (Lipinski definition) is 1. The van der Waals surface area contributed by atoms with Crippen molar-refractivity contribution >= 4 is 11.9 Å². The van der Waals surface area contributed by atoms with Crippen molar-refractivity contribution in [3.63, 3.8) is 0 Å². The molecule has 1 aromatic rings. The molecule has 1 heteroatoms. The van der Waals surface area contributed by atoms with Gasteiger partial charge in [-0.05, 0) is 60.8 Å². The summed E-state index contributed by atoms with van der Waals surface area (Å²) in [6, 6.07) is 8.62. The lowest BCUT2D eigenvalue weighted by molar-refractivity contribution is -0.119. The molecule has 0 bridgehead atoms. The van der Waals surface area contributed by atoms with Crippen molar-refractivity contribution in [2.24, 2.45) is 11.8 Å². The van der Waals surface area contributed by atoms with Crippen LogP contribution in [-0.2, 0) is 11.2 Å². The van der Waals surface area contributed by atoms with Crippen molar-refractivity contribution in [2.45, 2.75) is 51.9 Å². The van der Waals surface area contributed by atoms with Gasteiger partial charge >= 0.3 is 0 Å². The molecular formula is C19H24O. The molecule has 0 spiro atoms. The normalized spacial score (nSPS) is 25.8. The Morgan fingerprint density at radius 3 is 2.45 bits per heavy atom. The summed E-state index contributed by atoms with van der Waals surface area (Å²) in [4.78, 5) is 12.6. The quantitative estimate of drug-likeness (QED) is 0.719. The monoisotopic (exact) mass is 268 g/mol. The highest BCUT2D eigenvalue weighted by molar-refractivity contribution is 6.03. The van der Waals surface area contributed by atoms with Gasteiger partial charge in [0, 0.05) is 5.92 Å². The first-order valence-electron chi connectivity index (χ1n) is 8.11. The van der Waals surface area contributed by atoms with E-state index in [0.29, 0.717) is 17.6 Å². The molecule has 0 heterocycles. The zero-order valence-corrected chi connectivity index (χ0v) is 12.4. The average molecular weight is 268 g/mol. The Balaban J connectivity index is 1.73.